The Morgan fingerprint density at radius 2 is 1.63 bits per heavy atom. The number of morpholine rings is 1. The van der Waals surface area contributed by atoms with Crippen molar-refractivity contribution in [3.63, 3.8) is 0 Å². The van der Waals surface area contributed by atoms with Gasteiger partial charge in [-0.15, -0.1) is 0 Å². The maximum Gasteiger partial charge on any atom is 0.123 e. The highest BCUT2D eigenvalue weighted by atomic mass is 19.1. The number of hydrogen-bond donors (Lipinski definition) is 0. The van der Waals surface area contributed by atoms with Gasteiger partial charge in [0.05, 0.1) is 24.6 Å². The second-order valence-electron chi connectivity index (χ2n) is 6.96. The Hall–Kier alpha value is -2.59. The predicted molar refractivity (Wildman–Crippen MR) is 108 cm³/mol. The van der Waals surface area contributed by atoms with Gasteiger partial charge >= 0.3 is 0 Å². The fourth-order valence-electron chi connectivity index (χ4n) is 3.76. The Morgan fingerprint density at radius 1 is 0.963 bits per heavy atom. The van der Waals surface area contributed by atoms with Gasteiger partial charge in [0.15, 0.2) is 0 Å². The number of aromatic nitrogens is 1. The molecular formula is C23H25FN2O. The number of halogens is 1. The second kappa shape index (κ2) is 7.57. The van der Waals surface area contributed by atoms with Crippen molar-refractivity contribution in [3.05, 3.63) is 71.7 Å². The lowest BCUT2D eigenvalue weighted by atomic mass is 10.1. The molecule has 1 aliphatic heterocycles. The van der Waals surface area contributed by atoms with Crippen LogP contribution in [-0.4, -0.2) is 30.9 Å². The van der Waals surface area contributed by atoms with Gasteiger partial charge in [-0.25, -0.2) is 4.39 Å². The zero-order chi connectivity index (χ0) is 18.8. The smallest absolute Gasteiger partial charge is 0.123 e. The van der Waals surface area contributed by atoms with E-state index in [2.05, 4.69) is 53.6 Å². The van der Waals surface area contributed by atoms with E-state index in [0.717, 1.165) is 49.7 Å². The molecule has 0 atom stereocenters. The van der Waals surface area contributed by atoms with E-state index >= 15 is 0 Å². The van der Waals surface area contributed by atoms with Crippen LogP contribution in [0.25, 0.3) is 16.9 Å². The summed E-state index contributed by atoms with van der Waals surface area (Å²) in [7, 11) is 0. The topological polar surface area (TPSA) is 17.4 Å². The Balaban J connectivity index is 1.85. The lowest BCUT2D eigenvalue weighted by Gasteiger charge is -2.28. The van der Waals surface area contributed by atoms with Crippen LogP contribution in [0, 0.1) is 12.7 Å². The first-order chi connectivity index (χ1) is 13.2. The van der Waals surface area contributed by atoms with Crippen LogP contribution in [0.5, 0.6) is 0 Å². The van der Waals surface area contributed by atoms with Crippen molar-refractivity contribution < 1.29 is 9.13 Å². The summed E-state index contributed by atoms with van der Waals surface area (Å²) < 4.78 is 21.2. The summed E-state index contributed by atoms with van der Waals surface area (Å²) >= 11 is 0. The van der Waals surface area contributed by atoms with E-state index in [1.165, 1.54) is 29.1 Å². The van der Waals surface area contributed by atoms with Gasteiger partial charge in [0, 0.05) is 24.5 Å². The third kappa shape index (κ3) is 3.50. The summed E-state index contributed by atoms with van der Waals surface area (Å²) in [5.74, 6) is -0.214. The van der Waals surface area contributed by atoms with Crippen LogP contribution in [0.3, 0.4) is 0 Å². The van der Waals surface area contributed by atoms with Gasteiger partial charge in [0.25, 0.3) is 0 Å². The van der Waals surface area contributed by atoms with Crippen LogP contribution in [-0.2, 0) is 11.2 Å². The summed E-state index contributed by atoms with van der Waals surface area (Å²) in [6.07, 6.45) is 1.02. The molecule has 27 heavy (non-hydrogen) atoms. The zero-order valence-corrected chi connectivity index (χ0v) is 15.9. The first-order valence-corrected chi connectivity index (χ1v) is 9.57. The highest BCUT2D eigenvalue weighted by Gasteiger charge is 2.20. The largest absolute Gasteiger partial charge is 0.378 e. The minimum Gasteiger partial charge on any atom is -0.378 e. The average molecular weight is 364 g/mol. The molecule has 4 heteroatoms. The molecule has 2 aromatic carbocycles. The number of nitrogens with zero attached hydrogens (tertiary/aromatic N) is 2. The number of hydrogen-bond acceptors (Lipinski definition) is 2. The van der Waals surface area contributed by atoms with Crippen LogP contribution in [0.2, 0.25) is 0 Å². The van der Waals surface area contributed by atoms with E-state index in [1.54, 1.807) is 0 Å². The molecule has 0 spiro atoms. The van der Waals surface area contributed by atoms with Crippen molar-refractivity contribution in [1.29, 1.82) is 0 Å². The van der Waals surface area contributed by atoms with Crippen molar-refractivity contribution in [2.24, 2.45) is 0 Å². The molecule has 1 saturated heterocycles. The minimum absolute atomic E-state index is 0.214. The Bertz CT molecular complexity index is 907. The van der Waals surface area contributed by atoms with Crippen molar-refractivity contribution in [2.45, 2.75) is 20.3 Å². The van der Waals surface area contributed by atoms with E-state index < -0.39 is 0 Å². The molecule has 3 aromatic rings. The zero-order valence-electron chi connectivity index (χ0n) is 15.9. The molecule has 1 fully saturated rings. The molecule has 0 bridgehead atoms. The summed E-state index contributed by atoms with van der Waals surface area (Å²) in [6, 6.07) is 17.7. The molecule has 1 aliphatic rings. The lowest BCUT2D eigenvalue weighted by Crippen LogP contribution is -2.36. The van der Waals surface area contributed by atoms with Gasteiger partial charge in [-0.05, 0) is 66.9 Å². The third-order valence-electron chi connectivity index (χ3n) is 5.31. The van der Waals surface area contributed by atoms with Gasteiger partial charge in [-0.3, -0.25) is 0 Å². The Morgan fingerprint density at radius 3 is 2.26 bits per heavy atom. The maximum absolute atomic E-state index is 13.5. The van der Waals surface area contributed by atoms with Crippen LogP contribution < -0.4 is 4.90 Å². The van der Waals surface area contributed by atoms with Crippen molar-refractivity contribution in [3.8, 4) is 16.9 Å². The van der Waals surface area contributed by atoms with Crippen LogP contribution in [0.15, 0.2) is 54.6 Å². The first-order valence-electron chi connectivity index (χ1n) is 9.57. The van der Waals surface area contributed by atoms with Crippen molar-refractivity contribution in [1.82, 2.24) is 4.57 Å². The molecule has 0 aliphatic carbocycles. The Labute approximate surface area is 160 Å². The standard InChI is InChI=1S/C23H25FN2O/c1-3-18-4-10-21(11-5-18)26-17(2)22(25-12-14-27-15-13-25)16-23(26)19-6-8-20(24)9-7-19/h4-11,16H,3,12-15H2,1-2H3. The van der Waals surface area contributed by atoms with Gasteiger partial charge in [-0.2, -0.15) is 0 Å². The number of ether oxygens (including phenoxy) is 1. The highest BCUT2D eigenvalue weighted by Crippen LogP contribution is 2.35. The number of anilines is 1. The first kappa shape index (κ1) is 17.8. The molecule has 0 unspecified atom stereocenters. The molecule has 0 saturated carbocycles. The molecule has 0 radical (unpaired) electrons. The van der Waals surface area contributed by atoms with Gasteiger partial charge in [-0.1, -0.05) is 19.1 Å². The van der Waals surface area contributed by atoms with Crippen molar-refractivity contribution in [2.75, 3.05) is 31.2 Å². The quantitative estimate of drug-likeness (QED) is 0.649. The fourth-order valence-corrected chi connectivity index (χ4v) is 3.76. The Kier molecular flexibility index (Phi) is 4.99. The summed E-state index contributed by atoms with van der Waals surface area (Å²) in [4.78, 5) is 2.38. The van der Waals surface area contributed by atoms with E-state index in [0.29, 0.717) is 0 Å². The van der Waals surface area contributed by atoms with E-state index in [4.69, 9.17) is 4.74 Å². The molecule has 140 valence electrons. The van der Waals surface area contributed by atoms with E-state index in [9.17, 15) is 4.39 Å². The van der Waals surface area contributed by atoms with Crippen LogP contribution >= 0.6 is 0 Å². The molecule has 3 nitrogen and oxygen atoms in total. The number of aryl methyl sites for hydroxylation is 1. The van der Waals surface area contributed by atoms with E-state index in [1.807, 2.05) is 12.1 Å². The van der Waals surface area contributed by atoms with Crippen molar-refractivity contribution >= 4 is 5.69 Å². The highest BCUT2D eigenvalue weighted by molar-refractivity contribution is 5.72. The monoisotopic (exact) mass is 364 g/mol. The van der Waals surface area contributed by atoms with Crippen LogP contribution in [0.4, 0.5) is 10.1 Å². The fraction of sp³-hybridized carbons (Fsp3) is 0.304. The van der Waals surface area contributed by atoms with E-state index in [-0.39, 0.29) is 5.82 Å². The normalized spacial score (nSPS) is 14.6. The summed E-state index contributed by atoms with van der Waals surface area (Å²) in [5.41, 5.74) is 6.96. The molecule has 0 N–H and O–H groups in total. The van der Waals surface area contributed by atoms with Gasteiger partial charge in [0.1, 0.15) is 5.82 Å². The third-order valence-corrected chi connectivity index (χ3v) is 5.31. The summed E-state index contributed by atoms with van der Waals surface area (Å²) in [5, 5.41) is 0. The molecular weight excluding hydrogens is 339 g/mol. The minimum atomic E-state index is -0.214. The molecule has 1 aromatic heterocycles. The molecule has 4 rings (SSSR count). The maximum atomic E-state index is 13.5. The lowest BCUT2D eigenvalue weighted by molar-refractivity contribution is 0.122. The van der Waals surface area contributed by atoms with Gasteiger partial charge < -0.3 is 14.2 Å². The number of rotatable bonds is 4. The number of benzene rings is 2. The van der Waals surface area contributed by atoms with Gasteiger partial charge in [0.2, 0.25) is 0 Å². The molecule has 0 amide bonds. The second-order valence-corrected chi connectivity index (χ2v) is 6.96. The SMILES string of the molecule is CCc1ccc(-n2c(-c3ccc(F)cc3)cc(N3CCOCC3)c2C)cc1. The molecule has 2 heterocycles. The summed E-state index contributed by atoms with van der Waals surface area (Å²) in [6.45, 7) is 7.61. The van der Waals surface area contributed by atoms with Crippen LogP contribution in [0.1, 0.15) is 18.2 Å². The average Bonchev–Trinajstić information content (AvgIpc) is 3.06. The predicted octanol–water partition coefficient (Wildman–Crippen LogP) is 4.99.